The summed E-state index contributed by atoms with van der Waals surface area (Å²) in [5.74, 6) is 2.15. The summed E-state index contributed by atoms with van der Waals surface area (Å²) >= 11 is 1.79. The third-order valence-corrected chi connectivity index (χ3v) is 3.94. The van der Waals surface area contributed by atoms with E-state index in [1.54, 1.807) is 11.8 Å². The van der Waals surface area contributed by atoms with Crippen molar-refractivity contribution in [3.8, 4) is 0 Å². The number of piperazine rings is 1. The summed E-state index contributed by atoms with van der Waals surface area (Å²) in [5.41, 5.74) is 5.81. The summed E-state index contributed by atoms with van der Waals surface area (Å²) in [6.45, 7) is 5.67. The van der Waals surface area contributed by atoms with Gasteiger partial charge in [0.2, 0.25) is 5.91 Å². The smallest absolute Gasteiger partial charge is 0.223 e. The number of hydrogen-bond donors (Lipinski definition) is 2. The number of nitrogens with two attached hydrogens (primary N) is 1. The van der Waals surface area contributed by atoms with Crippen molar-refractivity contribution < 1.29 is 4.79 Å². The summed E-state index contributed by atoms with van der Waals surface area (Å²) in [7, 11) is 0. The predicted molar refractivity (Wildman–Crippen MR) is 69.7 cm³/mol. The van der Waals surface area contributed by atoms with Gasteiger partial charge < -0.3 is 16.0 Å². The summed E-state index contributed by atoms with van der Waals surface area (Å²) in [6.07, 6.45) is 1.67. The van der Waals surface area contributed by atoms with Crippen LogP contribution in [0.25, 0.3) is 0 Å². The molecule has 1 atom stereocenters. The standard InChI is InChI=1S/C11H23N3OS/c1-2-10(12)9-16-8-3-11(15)14-6-4-13-5-7-14/h10,13H,2-9,12H2,1H3. The molecular weight excluding hydrogens is 222 g/mol. The monoisotopic (exact) mass is 245 g/mol. The van der Waals surface area contributed by atoms with Crippen LogP contribution in [0.3, 0.4) is 0 Å². The van der Waals surface area contributed by atoms with Gasteiger partial charge in [0.15, 0.2) is 0 Å². The first kappa shape index (κ1) is 13.8. The Kier molecular flexibility index (Phi) is 6.84. The Morgan fingerprint density at radius 1 is 1.50 bits per heavy atom. The first-order chi connectivity index (χ1) is 7.74. The van der Waals surface area contributed by atoms with E-state index in [0.717, 1.165) is 44.1 Å². The molecule has 1 rings (SSSR count). The van der Waals surface area contributed by atoms with Gasteiger partial charge in [0.1, 0.15) is 0 Å². The fourth-order valence-electron chi connectivity index (χ4n) is 1.58. The second-order valence-electron chi connectivity index (χ2n) is 4.12. The van der Waals surface area contributed by atoms with Crippen molar-refractivity contribution in [3.63, 3.8) is 0 Å². The van der Waals surface area contributed by atoms with E-state index in [2.05, 4.69) is 12.2 Å². The molecule has 1 unspecified atom stereocenters. The lowest BCUT2D eigenvalue weighted by molar-refractivity contribution is -0.131. The molecule has 1 saturated heterocycles. The second kappa shape index (κ2) is 7.92. The Hall–Kier alpha value is -0.260. The molecule has 16 heavy (non-hydrogen) atoms. The lowest BCUT2D eigenvalue weighted by Crippen LogP contribution is -2.46. The van der Waals surface area contributed by atoms with Crippen LogP contribution >= 0.6 is 11.8 Å². The minimum atomic E-state index is 0.277. The molecule has 1 aliphatic rings. The van der Waals surface area contributed by atoms with Gasteiger partial charge in [0.25, 0.3) is 0 Å². The molecular formula is C11H23N3OS. The van der Waals surface area contributed by atoms with Gasteiger partial charge in [-0.05, 0) is 6.42 Å². The molecule has 3 N–H and O–H groups in total. The number of carbonyl (C=O) groups excluding carboxylic acids is 1. The maximum atomic E-state index is 11.8. The normalized spacial score (nSPS) is 18.5. The van der Waals surface area contributed by atoms with Crippen molar-refractivity contribution in [1.29, 1.82) is 0 Å². The van der Waals surface area contributed by atoms with Gasteiger partial charge in [-0.2, -0.15) is 11.8 Å². The van der Waals surface area contributed by atoms with E-state index in [1.807, 2.05) is 4.90 Å². The number of rotatable bonds is 6. The van der Waals surface area contributed by atoms with Crippen LogP contribution in [0.4, 0.5) is 0 Å². The highest BCUT2D eigenvalue weighted by molar-refractivity contribution is 7.99. The summed E-state index contributed by atoms with van der Waals surface area (Å²) in [6, 6.07) is 0.277. The Morgan fingerprint density at radius 3 is 2.81 bits per heavy atom. The fraction of sp³-hybridized carbons (Fsp3) is 0.909. The molecule has 0 saturated carbocycles. The highest BCUT2D eigenvalue weighted by atomic mass is 32.2. The number of amides is 1. The van der Waals surface area contributed by atoms with Crippen molar-refractivity contribution in [2.45, 2.75) is 25.8 Å². The minimum absolute atomic E-state index is 0.277. The lowest BCUT2D eigenvalue weighted by atomic mass is 10.3. The molecule has 5 heteroatoms. The minimum Gasteiger partial charge on any atom is -0.340 e. The Morgan fingerprint density at radius 2 is 2.19 bits per heavy atom. The van der Waals surface area contributed by atoms with Crippen LogP contribution in [-0.2, 0) is 4.79 Å². The van der Waals surface area contributed by atoms with Crippen molar-refractivity contribution in [2.75, 3.05) is 37.7 Å². The molecule has 0 radical (unpaired) electrons. The third-order valence-electron chi connectivity index (χ3n) is 2.79. The molecule has 1 amide bonds. The van der Waals surface area contributed by atoms with Crippen LogP contribution in [0.15, 0.2) is 0 Å². The molecule has 4 nitrogen and oxygen atoms in total. The van der Waals surface area contributed by atoms with E-state index in [0.29, 0.717) is 12.3 Å². The molecule has 0 spiro atoms. The Bertz CT molecular complexity index is 207. The number of thioether (sulfide) groups is 1. The zero-order valence-electron chi connectivity index (χ0n) is 10.1. The number of hydrogen-bond acceptors (Lipinski definition) is 4. The third kappa shape index (κ3) is 5.18. The van der Waals surface area contributed by atoms with Crippen LogP contribution < -0.4 is 11.1 Å². The molecule has 0 bridgehead atoms. The average molecular weight is 245 g/mol. The topological polar surface area (TPSA) is 58.4 Å². The molecule has 0 aromatic heterocycles. The van der Waals surface area contributed by atoms with Gasteiger partial charge in [-0.25, -0.2) is 0 Å². The molecule has 1 fully saturated rings. The fourth-order valence-corrected chi connectivity index (χ4v) is 2.61. The summed E-state index contributed by atoms with van der Waals surface area (Å²) in [4.78, 5) is 13.7. The van der Waals surface area contributed by atoms with E-state index in [4.69, 9.17) is 5.73 Å². The Balaban J connectivity index is 2.05. The number of nitrogens with one attached hydrogen (secondary N) is 1. The highest BCUT2D eigenvalue weighted by Gasteiger charge is 2.15. The highest BCUT2D eigenvalue weighted by Crippen LogP contribution is 2.07. The summed E-state index contributed by atoms with van der Waals surface area (Å²) in [5, 5.41) is 3.24. The molecule has 0 aromatic rings. The first-order valence-electron chi connectivity index (χ1n) is 6.06. The van der Waals surface area contributed by atoms with Crippen molar-refractivity contribution in [1.82, 2.24) is 10.2 Å². The van der Waals surface area contributed by atoms with Crippen LogP contribution in [-0.4, -0.2) is 54.5 Å². The van der Waals surface area contributed by atoms with Gasteiger partial charge in [0.05, 0.1) is 0 Å². The molecule has 0 aliphatic carbocycles. The SMILES string of the molecule is CCC(N)CSCCC(=O)N1CCNCC1. The zero-order valence-corrected chi connectivity index (χ0v) is 10.9. The number of carbonyl (C=O) groups is 1. The predicted octanol–water partition coefficient (Wildman–Crippen LogP) is 0.279. The van der Waals surface area contributed by atoms with Gasteiger partial charge in [-0.3, -0.25) is 4.79 Å². The van der Waals surface area contributed by atoms with Gasteiger partial charge >= 0.3 is 0 Å². The van der Waals surface area contributed by atoms with E-state index < -0.39 is 0 Å². The Labute approximate surface area is 102 Å². The van der Waals surface area contributed by atoms with E-state index in [-0.39, 0.29) is 6.04 Å². The largest absolute Gasteiger partial charge is 0.340 e. The van der Waals surface area contributed by atoms with Crippen LogP contribution in [0.2, 0.25) is 0 Å². The number of nitrogens with zero attached hydrogens (tertiary/aromatic N) is 1. The van der Waals surface area contributed by atoms with E-state index >= 15 is 0 Å². The van der Waals surface area contributed by atoms with Crippen LogP contribution in [0.5, 0.6) is 0 Å². The second-order valence-corrected chi connectivity index (χ2v) is 5.27. The summed E-state index contributed by atoms with van der Waals surface area (Å²) < 4.78 is 0. The quantitative estimate of drug-likeness (QED) is 0.660. The first-order valence-corrected chi connectivity index (χ1v) is 7.21. The maximum absolute atomic E-state index is 11.8. The molecule has 0 aromatic carbocycles. The van der Waals surface area contributed by atoms with E-state index in [1.165, 1.54) is 0 Å². The van der Waals surface area contributed by atoms with Gasteiger partial charge in [-0.1, -0.05) is 6.92 Å². The zero-order chi connectivity index (χ0) is 11.8. The molecule has 1 heterocycles. The lowest BCUT2D eigenvalue weighted by Gasteiger charge is -2.27. The van der Waals surface area contributed by atoms with Gasteiger partial charge in [-0.15, -0.1) is 0 Å². The van der Waals surface area contributed by atoms with Crippen LogP contribution in [0.1, 0.15) is 19.8 Å². The van der Waals surface area contributed by atoms with Gasteiger partial charge in [0, 0.05) is 50.1 Å². The van der Waals surface area contributed by atoms with Crippen LogP contribution in [0, 0.1) is 0 Å². The maximum Gasteiger partial charge on any atom is 0.223 e. The van der Waals surface area contributed by atoms with Crippen molar-refractivity contribution >= 4 is 17.7 Å². The van der Waals surface area contributed by atoms with Crippen molar-refractivity contribution in [3.05, 3.63) is 0 Å². The van der Waals surface area contributed by atoms with E-state index in [9.17, 15) is 4.79 Å². The average Bonchev–Trinajstić information content (AvgIpc) is 2.35. The molecule has 94 valence electrons. The molecule has 1 aliphatic heterocycles. The van der Waals surface area contributed by atoms with Crippen molar-refractivity contribution in [2.24, 2.45) is 5.73 Å².